The van der Waals surface area contributed by atoms with Gasteiger partial charge in [0, 0.05) is 0 Å². The van der Waals surface area contributed by atoms with Crippen LogP contribution in [-0.4, -0.2) is 33.4 Å². The number of aromatic nitrogens is 2. The molecular formula is C18H15ClN4O5S. The van der Waals surface area contributed by atoms with E-state index in [0.717, 1.165) is 11.8 Å². The summed E-state index contributed by atoms with van der Waals surface area (Å²) in [6.45, 7) is 2.15. The number of carbonyl (C=O) groups excluding carboxylic acids is 1. The van der Waals surface area contributed by atoms with E-state index < -0.39 is 10.8 Å². The first-order chi connectivity index (χ1) is 14.0. The molecule has 0 fully saturated rings. The minimum atomic E-state index is -0.584. The van der Waals surface area contributed by atoms with Gasteiger partial charge in [-0.2, -0.15) is 0 Å². The van der Waals surface area contributed by atoms with Gasteiger partial charge in [-0.1, -0.05) is 35.5 Å². The first kappa shape index (κ1) is 20.6. The summed E-state index contributed by atoms with van der Waals surface area (Å²) in [6, 6.07) is 11.2. The van der Waals surface area contributed by atoms with Crippen molar-refractivity contribution >= 4 is 40.6 Å². The number of rotatable bonds is 8. The molecule has 1 aromatic heterocycles. The summed E-state index contributed by atoms with van der Waals surface area (Å²) in [4.78, 5) is 22.9. The van der Waals surface area contributed by atoms with Crippen LogP contribution in [0.2, 0.25) is 5.02 Å². The van der Waals surface area contributed by atoms with Crippen LogP contribution in [-0.2, 0) is 4.79 Å². The molecule has 1 amide bonds. The number of nitro groups is 1. The fourth-order valence-corrected chi connectivity index (χ4v) is 3.13. The topological polar surface area (TPSA) is 120 Å². The molecule has 3 aromatic rings. The van der Waals surface area contributed by atoms with Gasteiger partial charge in [-0.25, -0.2) is 0 Å². The van der Waals surface area contributed by atoms with Crippen molar-refractivity contribution in [1.82, 2.24) is 10.2 Å². The number of thioether (sulfide) groups is 1. The van der Waals surface area contributed by atoms with Gasteiger partial charge in [-0.3, -0.25) is 14.9 Å². The molecule has 0 saturated heterocycles. The van der Waals surface area contributed by atoms with Gasteiger partial charge in [0.1, 0.15) is 11.4 Å². The maximum absolute atomic E-state index is 12.2. The Hall–Kier alpha value is -3.11. The summed E-state index contributed by atoms with van der Waals surface area (Å²) >= 11 is 7.10. The summed E-state index contributed by atoms with van der Waals surface area (Å²) in [5, 5.41) is 22.2. The summed E-state index contributed by atoms with van der Waals surface area (Å²) in [6.07, 6.45) is 0. The van der Waals surface area contributed by atoms with E-state index in [-0.39, 0.29) is 28.2 Å². The zero-order valence-corrected chi connectivity index (χ0v) is 16.7. The van der Waals surface area contributed by atoms with Gasteiger partial charge in [0.05, 0.1) is 33.9 Å². The molecule has 150 valence electrons. The number of hydrogen-bond donors (Lipinski definition) is 1. The fraction of sp³-hybridized carbons (Fsp3) is 0.167. The molecule has 3 rings (SSSR count). The molecule has 11 heteroatoms. The normalized spacial score (nSPS) is 10.6. The van der Waals surface area contributed by atoms with Crippen LogP contribution in [0.5, 0.6) is 5.75 Å². The van der Waals surface area contributed by atoms with Crippen molar-refractivity contribution in [2.45, 2.75) is 12.1 Å². The van der Waals surface area contributed by atoms with E-state index >= 15 is 0 Å². The Bertz CT molecular complexity index is 1040. The molecular weight excluding hydrogens is 420 g/mol. The van der Waals surface area contributed by atoms with Crippen molar-refractivity contribution in [3.8, 4) is 17.2 Å². The third-order valence-electron chi connectivity index (χ3n) is 3.59. The van der Waals surface area contributed by atoms with Crippen LogP contribution in [0.3, 0.4) is 0 Å². The van der Waals surface area contributed by atoms with Crippen LogP contribution in [0.4, 0.5) is 11.4 Å². The van der Waals surface area contributed by atoms with Crippen LogP contribution in [0.25, 0.3) is 11.5 Å². The van der Waals surface area contributed by atoms with E-state index in [0.29, 0.717) is 22.9 Å². The number of nitro benzene ring substituents is 1. The molecule has 1 N–H and O–H groups in total. The van der Waals surface area contributed by atoms with E-state index in [4.69, 9.17) is 20.8 Å². The second-order valence-electron chi connectivity index (χ2n) is 5.56. The number of amides is 1. The lowest BCUT2D eigenvalue weighted by Gasteiger charge is -2.07. The molecule has 1 heterocycles. The first-order valence-corrected chi connectivity index (χ1v) is 9.76. The quantitative estimate of drug-likeness (QED) is 0.314. The molecule has 0 bridgehead atoms. The Labute approximate surface area is 174 Å². The second-order valence-corrected chi connectivity index (χ2v) is 6.89. The summed E-state index contributed by atoms with van der Waals surface area (Å²) in [5.74, 6) is 0.0547. The van der Waals surface area contributed by atoms with Gasteiger partial charge in [0.15, 0.2) is 0 Å². The zero-order valence-electron chi connectivity index (χ0n) is 15.1. The molecule has 0 spiro atoms. The molecule has 0 aliphatic rings. The lowest BCUT2D eigenvalue weighted by Crippen LogP contribution is -2.15. The van der Waals surface area contributed by atoms with E-state index in [1.807, 2.05) is 0 Å². The lowest BCUT2D eigenvalue weighted by atomic mass is 10.2. The van der Waals surface area contributed by atoms with Gasteiger partial charge >= 0.3 is 0 Å². The number of nitrogens with one attached hydrogen (secondary N) is 1. The highest BCUT2D eigenvalue weighted by molar-refractivity contribution is 7.99. The Morgan fingerprint density at radius 3 is 2.83 bits per heavy atom. The highest BCUT2D eigenvalue weighted by Crippen LogP contribution is 2.30. The van der Waals surface area contributed by atoms with E-state index in [9.17, 15) is 14.9 Å². The number of anilines is 1. The van der Waals surface area contributed by atoms with Crippen LogP contribution >= 0.6 is 23.4 Å². The van der Waals surface area contributed by atoms with Crippen molar-refractivity contribution in [1.29, 1.82) is 0 Å². The molecule has 0 atom stereocenters. The predicted octanol–water partition coefficient (Wildman–Crippen LogP) is 4.43. The van der Waals surface area contributed by atoms with E-state index in [1.54, 1.807) is 37.3 Å². The Balaban J connectivity index is 1.64. The first-order valence-electron chi connectivity index (χ1n) is 8.40. The SMILES string of the molecule is CCOc1ccc(NC(=O)CSc2nnc(-c3ccccc3Cl)o2)c([N+](=O)[O-])c1. The highest BCUT2D eigenvalue weighted by atomic mass is 35.5. The smallest absolute Gasteiger partial charge is 0.296 e. The molecule has 0 aliphatic carbocycles. The number of hydrogen-bond acceptors (Lipinski definition) is 8. The summed E-state index contributed by atoms with van der Waals surface area (Å²) in [5.41, 5.74) is 0.405. The molecule has 0 radical (unpaired) electrons. The van der Waals surface area contributed by atoms with Crippen LogP contribution in [0.1, 0.15) is 6.92 Å². The van der Waals surface area contributed by atoms with Crippen molar-refractivity contribution in [3.05, 3.63) is 57.6 Å². The average molecular weight is 435 g/mol. The third-order valence-corrected chi connectivity index (χ3v) is 4.74. The highest BCUT2D eigenvalue weighted by Gasteiger charge is 2.18. The molecule has 0 aliphatic heterocycles. The second kappa shape index (κ2) is 9.39. The predicted molar refractivity (Wildman–Crippen MR) is 108 cm³/mol. The third kappa shape index (κ3) is 5.24. The summed E-state index contributed by atoms with van der Waals surface area (Å²) < 4.78 is 10.8. The van der Waals surface area contributed by atoms with Gasteiger partial charge < -0.3 is 14.5 Å². The zero-order chi connectivity index (χ0) is 20.8. The monoisotopic (exact) mass is 434 g/mol. The minimum absolute atomic E-state index is 0.0749. The van der Waals surface area contributed by atoms with Crippen molar-refractivity contribution in [2.75, 3.05) is 17.7 Å². The summed E-state index contributed by atoms with van der Waals surface area (Å²) in [7, 11) is 0. The number of benzene rings is 2. The van der Waals surface area contributed by atoms with E-state index in [2.05, 4.69) is 15.5 Å². The fourth-order valence-electron chi connectivity index (χ4n) is 2.35. The number of ether oxygens (including phenoxy) is 1. The number of nitrogens with zero attached hydrogens (tertiary/aromatic N) is 3. The lowest BCUT2D eigenvalue weighted by molar-refractivity contribution is -0.384. The number of halogens is 1. The van der Waals surface area contributed by atoms with Crippen LogP contribution in [0, 0.1) is 10.1 Å². The minimum Gasteiger partial charge on any atom is -0.494 e. The van der Waals surface area contributed by atoms with Gasteiger partial charge in [-0.15, -0.1) is 10.2 Å². The maximum Gasteiger partial charge on any atom is 0.296 e. The molecule has 29 heavy (non-hydrogen) atoms. The Kier molecular flexibility index (Phi) is 6.68. The molecule has 0 saturated carbocycles. The van der Waals surface area contributed by atoms with Gasteiger partial charge in [0.2, 0.25) is 11.8 Å². The molecule has 2 aromatic carbocycles. The Morgan fingerprint density at radius 2 is 2.10 bits per heavy atom. The average Bonchev–Trinajstić information content (AvgIpc) is 3.17. The van der Waals surface area contributed by atoms with Gasteiger partial charge in [-0.05, 0) is 31.2 Å². The van der Waals surface area contributed by atoms with Gasteiger partial charge in [0.25, 0.3) is 10.9 Å². The molecule has 0 unspecified atom stereocenters. The van der Waals surface area contributed by atoms with E-state index in [1.165, 1.54) is 12.1 Å². The van der Waals surface area contributed by atoms with Crippen LogP contribution in [0.15, 0.2) is 52.1 Å². The largest absolute Gasteiger partial charge is 0.494 e. The van der Waals surface area contributed by atoms with Crippen molar-refractivity contribution in [3.63, 3.8) is 0 Å². The van der Waals surface area contributed by atoms with Crippen LogP contribution < -0.4 is 10.1 Å². The molecule has 9 nitrogen and oxygen atoms in total. The Morgan fingerprint density at radius 1 is 1.31 bits per heavy atom. The van der Waals surface area contributed by atoms with Crippen molar-refractivity contribution in [2.24, 2.45) is 0 Å². The maximum atomic E-state index is 12.2. The standard InChI is InChI=1S/C18H15ClN4O5S/c1-2-27-11-7-8-14(15(9-11)23(25)26)20-16(24)10-29-18-22-21-17(28-18)12-5-3-4-6-13(12)19/h3-9H,2,10H2,1H3,(H,20,24). The van der Waals surface area contributed by atoms with Crippen molar-refractivity contribution < 1.29 is 18.9 Å². The number of carbonyl (C=O) groups is 1.